The molecule has 0 aliphatic carbocycles. The van der Waals surface area contributed by atoms with E-state index in [1.54, 1.807) is 23.6 Å². The number of carboxylic acids is 1. The van der Waals surface area contributed by atoms with Crippen LogP contribution in [0.25, 0.3) is 27.9 Å². The predicted molar refractivity (Wildman–Crippen MR) is 123 cm³/mol. The van der Waals surface area contributed by atoms with Gasteiger partial charge in [-0.05, 0) is 58.2 Å². The number of hydrogen-bond acceptors (Lipinski definition) is 6. The maximum atomic E-state index is 12.0. The molecule has 0 amide bonds. The first kappa shape index (κ1) is 21.0. The number of ether oxygens (including phenoxy) is 1. The van der Waals surface area contributed by atoms with E-state index in [1.807, 2.05) is 56.3 Å². The third-order valence-corrected chi connectivity index (χ3v) is 5.84. The van der Waals surface area contributed by atoms with Crippen molar-refractivity contribution in [2.75, 3.05) is 19.1 Å². The summed E-state index contributed by atoms with van der Waals surface area (Å²) >= 11 is 3.56. The van der Waals surface area contributed by atoms with Crippen LogP contribution in [0.15, 0.2) is 46.9 Å². The lowest BCUT2D eigenvalue weighted by molar-refractivity contribution is -0.139. The Hall–Kier alpha value is -3.20. The number of aliphatic carboxylic acids is 1. The summed E-state index contributed by atoms with van der Waals surface area (Å²) in [6, 6.07) is 12.4. The van der Waals surface area contributed by atoms with Gasteiger partial charge in [0.05, 0.1) is 12.6 Å². The highest BCUT2D eigenvalue weighted by Crippen LogP contribution is 2.31. The Kier molecular flexibility index (Phi) is 5.53. The summed E-state index contributed by atoms with van der Waals surface area (Å²) in [4.78, 5) is 23.2. The number of aromatic nitrogens is 4. The van der Waals surface area contributed by atoms with Gasteiger partial charge in [0.25, 0.3) is 0 Å². The molecule has 1 N–H and O–H groups in total. The number of hydrogen-bond donors (Lipinski definition) is 1. The van der Waals surface area contributed by atoms with Crippen LogP contribution in [0, 0.1) is 5.92 Å². The van der Waals surface area contributed by atoms with Crippen molar-refractivity contribution in [2.24, 2.45) is 5.92 Å². The minimum absolute atomic E-state index is 0.140. The summed E-state index contributed by atoms with van der Waals surface area (Å²) in [5, 5.41) is 15.3. The Bertz CT molecular complexity index is 1270. The smallest absolute Gasteiger partial charge is 0.326 e. The van der Waals surface area contributed by atoms with Gasteiger partial charge in [-0.2, -0.15) is 4.52 Å². The molecular formula is C22H22BrN5O3. The highest BCUT2D eigenvalue weighted by atomic mass is 79.9. The third-order valence-electron chi connectivity index (χ3n) is 5.20. The van der Waals surface area contributed by atoms with Crippen molar-refractivity contribution in [1.29, 1.82) is 0 Å². The number of methoxy groups -OCH3 is 1. The van der Waals surface area contributed by atoms with Crippen LogP contribution < -0.4 is 9.64 Å². The second-order valence-corrected chi connectivity index (χ2v) is 8.44. The lowest BCUT2D eigenvalue weighted by atomic mass is 10.0. The molecule has 2 aromatic carbocycles. The zero-order chi connectivity index (χ0) is 22.3. The molecule has 0 bridgehead atoms. The number of fused-ring (bicyclic) bond motifs is 3. The molecule has 4 aromatic rings. The van der Waals surface area contributed by atoms with Crippen molar-refractivity contribution >= 4 is 44.4 Å². The average Bonchev–Trinajstić information content (AvgIpc) is 3.18. The van der Waals surface area contributed by atoms with Crippen molar-refractivity contribution in [1.82, 2.24) is 19.6 Å². The minimum Gasteiger partial charge on any atom is -0.497 e. The SMILES string of the molecule is COc1ccc(-c2nc3c4cccc(Br)c4nc(N(C)[C@@H](C(=O)O)C(C)C)n3n2)cc1. The quantitative estimate of drug-likeness (QED) is 0.437. The van der Waals surface area contributed by atoms with Gasteiger partial charge in [0, 0.05) is 22.5 Å². The Morgan fingerprint density at radius 1 is 1.16 bits per heavy atom. The molecule has 0 radical (unpaired) electrons. The Morgan fingerprint density at radius 2 is 1.87 bits per heavy atom. The predicted octanol–water partition coefficient (Wildman–Crippen LogP) is 4.26. The van der Waals surface area contributed by atoms with Gasteiger partial charge in [0.2, 0.25) is 5.95 Å². The van der Waals surface area contributed by atoms with Gasteiger partial charge in [-0.3, -0.25) is 0 Å². The number of rotatable bonds is 6. The molecule has 160 valence electrons. The van der Waals surface area contributed by atoms with Gasteiger partial charge >= 0.3 is 5.97 Å². The fourth-order valence-corrected chi connectivity index (χ4v) is 4.15. The molecule has 0 aliphatic rings. The molecule has 2 aromatic heterocycles. The molecule has 0 aliphatic heterocycles. The number of carbonyl (C=O) groups is 1. The fourth-order valence-electron chi connectivity index (χ4n) is 3.70. The maximum absolute atomic E-state index is 12.0. The topological polar surface area (TPSA) is 92.9 Å². The number of likely N-dealkylation sites (N-methyl/N-ethyl adjacent to an activating group) is 1. The van der Waals surface area contributed by atoms with Gasteiger partial charge in [-0.25, -0.2) is 14.8 Å². The lowest BCUT2D eigenvalue weighted by Gasteiger charge is -2.28. The van der Waals surface area contributed by atoms with Gasteiger partial charge in [-0.1, -0.05) is 19.9 Å². The summed E-state index contributed by atoms with van der Waals surface area (Å²) in [7, 11) is 3.33. The van der Waals surface area contributed by atoms with E-state index in [1.165, 1.54) is 0 Å². The first-order chi connectivity index (χ1) is 14.8. The first-order valence-electron chi connectivity index (χ1n) is 9.77. The van der Waals surface area contributed by atoms with E-state index in [0.29, 0.717) is 22.9 Å². The van der Waals surface area contributed by atoms with Gasteiger partial charge < -0.3 is 14.7 Å². The molecule has 1 atom stereocenters. The second kappa shape index (κ2) is 8.14. The Balaban J connectivity index is 1.98. The van der Waals surface area contributed by atoms with Crippen molar-refractivity contribution in [3.63, 3.8) is 0 Å². The minimum atomic E-state index is -0.921. The third kappa shape index (κ3) is 3.69. The Labute approximate surface area is 187 Å². The van der Waals surface area contributed by atoms with Gasteiger partial charge in [0.15, 0.2) is 11.5 Å². The molecule has 0 spiro atoms. The van der Waals surface area contributed by atoms with Crippen LogP contribution in [-0.4, -0.2) is 50.9 Å². The number of benzene rings is 2. The van der Waals surface area contributed by atoms with E-state index in [2.05, 4.69) is 15.9 Å². The number of para-hydroxylation sites is 1. The van der Waals surface area contributed by atoms with E-state index in [-0.39, 0.29) is 5.92 Å². The van der Waals surface area contributed by atoms with Crippen LogP contribution in [0.2, 0.25) is 0 Å². The summed E-state index contributed by atoms with van der Waals surface area (Å²) in [6.07, 6.45) is 0. The summed E-state index contributed by atoms with van der Waals surface area (Å²) in [6.45, 7) is 3.74. The molecule has 9 heteroatoms. The molecular weight excluding hydrogens is 462 g/mol. The number of halogens is 1. The first-order valence-corrected chi connectivity index (χ1v) is 10.6. The van der Waals surface area contributed by atoms with E-state index < -0.39 is 12.0 Å². The van der Waals surface area contributed by atoms with Crippen LogP contribution in [0.5, 0.6) is 5.75 Å². The molecule has 0 saturated heterocycles. The van der Waals surface area contributed by atoms with Gasteiger partial charge in [-0.15, -0.1) is 5.10 Å². The van der Waals surface area contributed by atoms with Gasteiger partial charge in [0.1, 0.15) is 11.8 Å². The molecule has 31 heavy (non-hydrogen) atoms. The van der Waals surface area contributed by atoms with Crippen LogP contribution in [0.1, 0.15) is 13.8 Å². The second-order valence-electron chi connectivity index (χ2n) is 7.59. The van der Waals surface area contributed by atoms with Crippen molar-refractivity contribution in [2.45, 2.75) is 19.9 Å². The monoisotopic (exact) mass is 483 g/mol. The van der Waals surface area contributed by atoms with Crippen LogP contribution in [0.4, 0.5) is 5.95 Å². The van der Waals surface area contributed by atoms with E-state index in [9.17, 15) is 9.90 Å². The average molecular weight is 484 g/mol. The standard InChI is InChI=1S/C22H22BrN5O3/c1-12(2)18(21(29)30)27(3)22-24-17-15(6-5-7-16(17)23)20-25-19(26-28(20)22)13-8-10-14(31-4)11-9-13/h5-12,18H,1-4H3,(H,29,30)/t18-/m1/s1. The lowest BCUT2D eigenvalue weighted by Crippen LogP contribution is -2.43. The van der Waals surface area contributed by atoms with Crippen molar-refractivity contribution < 1.29 is 14.6 Å². The molecule has 0 fully saturated rings. The largest absolute Gasteiger partial charge is 0.497 e. The molecule has 4 rings (SSSR count). The van der Waals surface area contributed by atoms with Crippen LogP contribution >= 0.6 is 15.9 Å². The molecule has 2 heterocycles. The fraction of sp³-hybridized carbons (Fsp3) is 0.273. The zero-order valence-corrected chi connectivity index (χ0v) is 19.2. The highest BCUT2D eigenvalue weighted by molar-refractivity contribution is 9.10. The number of nitrogens with zero attached hydrogens (tertiary/aromatic N) is 5. The van der Waals surface area contributed by atoms with E-state index >= 15 is 0 Å². The van der Waals surface area contributed by atoms with Crippen molar-refractivity contribution in [3.05, 3.63) is 46.9 Å². The van der Waals surface area contributed by atoms with Crippen LogP contribution in [0.3, 0.4) is 0 Å². The van der Waals surface area contributed by atoms with Crippen LogP contribution in [-0.2, 0) is 4.79 Å². The number of anilines is 1. The van der Waals surface area contributed by atoms with Crippen molar-refractivity contribution in [3.8, 4) is 17.1 Å². The summed E-state index contributed by atoms with van der Waals surface area (Å²) < 4.78 is 7.65. The summed E-state index contributed by atoms with van der Waals surface area (Å²) in [5.74, 6) is 0.602. The maximum Gasteiger partial charge on any atom is 0.326 e. The highest BCUT2D eigenvalue weighted by Gasteiger charge is 2.30. The number of carboxylic acid groups (broad SMARTS) is 1. The van der Waals surface area contributed by atoms with E-state index in [0.717, 1.165) is 21.2 Å². The molecule has 0 saturated carbocycles. The normalized spacial score (nSPS) is 12.5. The summed E-state index contributed by atoms with van der Waals surface area (Å²) in [5.41, 5.74) is 2.12. The van der Waals surface area contributed by atoms with E-state index in [4.69, 9.17) is 19.8 Å². The Morgan fingerprint density at radius 3 is 2.48 bits per heavy atom. The zero-order valence-electron chi connectivity index (χ0n) is 17.6. The molecule has 0 unspecified atom stereocenters. The molecule has 8 nitrogen and oxygen atoms in total.